The summed E-state index contributed by atoms with van der Waals surface area (Å²) >= 11 is 3.22. The van der Waals surface area contributed by atoms with E-state index in [1.165, 1.54) is 7.11 Å². The lowest BCUT2D eigenvalue weighted by atomic mass is 10.4. The zero-order valence-electron chi connectivity index (χ0n) is 9.03. The molecule has 1 unspecified atom stereocenters. The third-order valence-corrected chi connectivity index (χ3v) is 3.96. The maximum atomic E-state index is 11.5. The second kappa shape index (κ2) is 8.46. The Balaban J connectivity index is 3.99. The van der Waals surface area contributed by atoms with Gasteiger partial charge in [-0.2, -0.15) is 0 Å². The summed E-state index contributed by atoms with van der Waals surface area (Å²) in [6, 6.07) is -0.220. The van der Waals surface area contributed by atoms with E-state index < -0.39 is 10.0 Å². The third-order valence-electron chi connectivity index (χ3n) is 1.66. The second-order valence-electron chi connectivity index (χ2n) is 3.09. The van der Waals surface area contributed by atoms with Crippen LogP contribution in [0.1, 0.15) is 6.42 Å². The van der Waals surface area contributed by atoms with E-state index in [2.05, 4.69) is 20.7 Å². The highest BCUT2D eigenvalue weighted by Gasteiger charge is 2.16. The number of ether oxygens (including phenoxy) is 2. The first-order valence-corrected chi connectivity index (χ1v) is 7.37. The van der Waals surface area contributed by atoms with Crippen molar-refractivity contribution in [1.29, 1.82) is 0 Å². The van der Waals surface area contributed by atoms with Crippen LogP contribution < -0.4 is 4.72 Å². The molecule has 0 radical (unpaired) electrons. The Hall–Kier alpha value is 0.310. The van der Waals surface area contributed by atoms with E-state index in [-0.39, 0.29) is 11.8 Å². The molecular weight excluding hydrogens is 286 g/mol. The van der Waals surface area contributed by atoms with Crippen LogP contribution in [-0.4, -0.2) is 53.0 Å². The molecule has 0 spiro atoms. The molecule has 0 aliphatic heterocycles. The van der Waals surface area contributed by atoms with Crippen LogP contribution in [0.25, 0.3) is 0 Å². The van der Waals surface area contributed by atoms with Crippen molar-refractivity contribution in [3.8, 4) is 0 Å². The largest absolute Gasteiger partial charge is 0.385 e. The molecule has 0 aliphatic carbocycles. The summed E-state index contributed by atoms with van der Waals surface area (Å²) in [5, 5.41) is 0.532. The molecule has 0 rings (SSSR count). The van der Waals surface area contributed by atoms with E-state index in [0.29, 0.717) is 25.0 Å². The highest BCUT2D eigenvalue weighted by molar-refractivity contribution is 9.09. The van der Waals surface area contributed by atoms with Crippen LogP contribution >= 0.6 is 15.9 Å². The highest BCUT2D eigenvalue weighted by atomic mass is 79.9. The van der Waals surface area contributed by atoms with Gasteiger partial charge in [0.05, 0.1) is 18.4 Å². The lowest BCUT2D eigenvalue weighted by Crippen LogP contribution is -2.40. The van der Waals surface area contributed by atoms with Gasteiger partial charge < -0.3 is 9.47 Å². The van der Waals surface area contributed by atoms with Crippen molar-refractivity contribution in [1.82, 2.24) is 4.72 Å². The molecule has 0 amide bonds. The first-order chi connectivity index (χ1) is 7.05. The molecule has 92 valence electrons. The molecule has 0 aromatic heterocycles. The summed E-state index contributed by atoms with van der Waals surface area (Å²) in [6.45, 7) is 0.804. The average molecular weight is 304 g/mol. The Morgan fingerprint density at radius 2 is 2.00 bits per heavy atom. The number of hydrogen-bond donors (Lipinski definition) is 1. The zero-order valence-corrected chi connectivity index (χ0v) is 11.4. The average Bonchev–Trinajstić information content (AvgIpc) is 2.17. The number of methoxy groups -OCH3 is 2. The van der Waals surface area contributed by atoms with Gasteiger partial charge in [-0.25, -0.2) is 13.1 Å². The minimum Gasteiger partial charge on any atom is -0.385 e. The molecule has 1 N–H and O–H groups in total. The van der Waals surface area contributed by atoms with Gasteiger partial charge in [-0.3, -0.25) is 0 Å². The second-order valence-corrected chi connectivity index (χ2v) is 5.61. The minimum absolute atomic E-state index is 0.0774. The van der Waals surface area contributed by atoms with E-state index >= 15 is 0 Å². The van der Waals surface area contributed by atoms with Crippen LogP contribution in [0.3, 0.4) is 0 Å². The smallest absolute Gasteiger partial charge is 0.212 e. The van der Waals surface area contributed by atoms with Crippen molar-refractivity contribution in [2.75, 3.05) is 38.5 Å². The summed E-state index contributed by atoms with van der Waals surface area (Å²) in [6.07, 6.45) is 0.494. The highest BCUT2D eigenvalue weighted by Crippen LogP contribution is 1.97. The van der Waals surface area contributed by atoms with Gasteiger partial charge in [0.15, 0.2) is 0 Å². The van der Waals surface area contributed by atoms with E-state index in [4.69, 9.17) is 9.47 Å². The molecule has 15 heavy (non-hydrogen) atoms. The van der Waals surface area contributed by atoms with Crippen molar-refractivity contribution in [2.24, 2.45) is 0 Å². The SMILES string of the molecule is COCCCS(=O)(=O)NC(CBr)COC. The van der Waals surface area contributed by atoms with Crippen molar-refractivity contribution < 1.29 is 17.9 Å². The van der Waals surface area contributed by atoms with E-state index in [9.17, 15) is 8.42 Å². The van der Waals surface area contributed by atoms with E-state index in [0.717, 1.165) is 0 Å². The molecular formula is C8H18BrNO4S. The van der Waals surface area contributed by atoms with Crippen LogP contribution in [0.15, 0.2) is 0 Å². The predicted molar refractivity (Wildman–Crippen MR) is 62.9 cm³/mol. The van der Waals surface area contributed by atoms with Gasteiger partial charge >= 0.3 is 0 Å². The fourth-order valence-corrected chi connectivity index (χ4v) is 2.86. The maximum absolute atomic E-state index is 11.5. The van der Waals surface area contributed by atoms with Crippen LogP contribution in [0, 0.1) is 0 Å². The van der Waals surface area contributed by atoms with E-state index in [1.54, 1.807) is 7.11 Å². The van der Waals surface area contributed by atoms with Gasteiger partial charge in [0, 0.05) is 26.2 Å². The summed E-state index contributed by atoms with van der Waals surface area (Å²) in [5.41, 5.74) is 0. The first kappa shape index (κ1) is 15.3. The summed E-state index contributed by atoms with van der Waals surface area (Å²) < 4.78 is 35.2. The summed E-state index contributed by atoms with van der Waals surface area (Å²) in [4.78, 5) is 0. The van der Waals surface area contributed by atoms with Gasteiger partial charge in [-0.1, -0.05) is 15.9 Å². The molecule has 0 bridgehead atoms. The number of rotatable bonds is 9. The molecule has 0 aromatic rings. The van der Waals surface area contributed by atoms with Crippen LogP contribution in [0.4, 0.5) is 0 Å². The zero-order chi connectivity index (χ0) is 11.7. The van der Waals surface area contributed by atoms with Gasteiger partial charge in [0.2, 0.25) is 10.0 Å². The Morgan fingerprint density at radius 3 is 2.47 bits per heavy atom. The molecule has 0 aliphatic rings. The van der Waals surface area contributed by atoms with E-state index in [1.807, 2.05) is 0 Å². The Bertz CT molecular complexity index is 245. The predicted octanol–water partition coefficient (Wildman–Crippen LogP) is 0.352. The van der Waals surface area contributed by atoms with Crippen molar-refractivity contribution in [3.05, 3.63) is 0 Å². The van der Waals surface area contributed by atoms with Crippen LogP contribution in [0.5, 0.6) is 0 Å². The first-order valence-electron chi connectivity index (χ1n) is 4.59. The normalized spacial score (nSPS) is 14.1. The molecule has 7 heteroatoms. The number of nitrogens with one attached hydrogen (secondary N) is 1. The quantitative estimate of drug-likeness (QED) is 0.493. The lowest BCUT2D eigenvalue weighted by Gasteiger charge is -2.15. The topological polar surface area (TPSA) is 64.6 Å². The Labute approximate surface area is 99.7 Å². The Kier molecular flexibility index (Phi) is 8.64. The Morgan fingerprint density at radius 1 is 1.33 bits per heavy atom. The minimum atomic E-state index is -3.23. The van der Waals surface area contributed by atoms with Gasteiger partial charge in [0.1, 0.15) is 0 Å². The summed E-state index contributed by atoms with van der Waals surface area (Å²) in [5.74, 6) is 0.0774. The van der Waals surface area contributed by atoms with Gasteiger partial charge in [-0.15, -0.1) is 0 Å². The van der Waals surface area contributed by atoms with Crippen molar-refractivity contribution in [3.63, 3.8) is 0 Å². The molecule has 0 saturated carbocycles. The fourth-order valence-electron chi connectivity index (χ4n) is 1.02. The number of hydrogen-bond acceptors (Lipinski definition) is 4. The van der Waals surface area contributed by atoms with Crippen LogP contribution in [0.2, 0.25) is 0 Å². The number of sulfonamides is 1. The maximum Gasteiger partial charge on any atom is 0.212 e. The van der Waals surface area contributed by atoms with Crippen molar-refractivity contribution in [2.45, 2.75) is 12.5 Å². The number of alkyl halides is 1. The molecule has 0 saturated heterocycles. The molecule has 0 aromatic carbocycles. The number of halogens is 1. The third kappa shape index (κ3) is 8.15. The lowest BCUT2D eigenvalue weighted by molar-refractivity contribution is 0.181. The monoisotopic (exact) mass is 303 g/mol. The fraction of sp³-hybridized carbons (Fsp3) is 1.00. The molecule has 5 nitrogen and oxygen atoms in total. The summed E-state index contributed by atoms with van der Waals surface area (Å²) in [7, 11) is -0.143. The molecule has 0 fully saturated rings. The van der Waals surface area contributed by atoms with Gasteiger partial charge in [-0.05, 0) is 6.42 Å². The molecule has 0 heterocycles. The molecule has 1 atom stereocenters. The van der Waals surface area contributed by atoms with Gasteiger partial charge in [0.25, 0.3) is 0 Å². The standard InChI is InChI=1S/C8H18BrNO4S/c1-13-4-3-5-15(11,12)10-8(6-9)7-14-2/h8,10H,3-7H2,1-2H3. The van der Waals surface area contributed by atoms with Crippen molar-refractivity contribution >= 4 is 26.0 Å². The van der Waals surface area contributed by atoms with Crippen LogP contribution in [-0.2, 0) is 19.5 Å².